The number of rotatable bonds is 4. The number of para-hydroxylation sites is 1. The maximum atomic E-state index is 13.6. The summed E-state index contributed by atoms with van der Waals surface area (Å²) in [6.45, 7) is 1.71. The van der Waals surface area contributed by atoms with Crippen LogP contribution in [0.25, 0.3) is 10.9 Å². The SMILES string of the molecule is Cc1[nH]c2ccccc2c1CC(F)(F)CC(=O)O. The van der Waals surface area contributed by atoms with Gasteiger partial charge in [-0.2, -0.15) is 0 Å². The Kier molecular flexibility index (Phi) is 3.07. The van der Waals surface area contributed by atoms with Gasteiger partial charge in [0.2, 0.25) is 0 Å². The first-order valence-corrected chi connectivity index (χ1v) is 5.55. The highest BCUT2D eigenvalue weighted by molar-refractivity contribution is 5.84. The van der Waals surface area contributed by atoms with E-state index in [9.17, 15) is 13.6 Å². The number of carboxylic acids is 1. The zero-order valence-electron chi connectivity index (χ0n) is 9.84. The molecule has 0 spiro atoms. The van der Waals surface area contributed by atoms with E-state index in [1.54, 1.807) is 25.1 Å². The first kappa shape index (κ1) is 12.5. The second kappa shape index (κ2) is 4.40. The van der Waals surface area contributed by atoms with Crippen molar-refractivity contribution in [3.05, 3.63) is 35.5 Å². The van der Waals surface area contributed by atoms with Crippen molar-refractivity contribution in [1.82, 2.24) is 4.98 Å². The number of hydrogen-bond donors (Lipinski definition) is 2. The van der Waals surface area contributed by atoms with E-state index < -0.39 is 24.7 Å². The van der Waals surface area contributed by atoms with E-state index in [4.69, 9.17) is 5.11 Å². The van der Waals surface area contributed by atoms with E-state index in [1.165, 1.54) is 0 Å². The molecule has 0 fully saturated rings. The highest BCUT2D eigenvalue weighted by Gasteiger charge is 2.34. The van der Waals surface area contributed by atoms with Gasteiger partial charge in [-0.3, -0.25) is 4.79 Å². The predicted molar refractivity (Wildman–Crippen MR) is 63.9 cm³/mol. The van der Waals surface area contributed by atoms with Gasteiger partial charge >= 0.3 is 5.97 Å². The fourth-order valence-electron chi connectivity index (χ4n) is 2.10. The van der Waals surface area contributed by atoms with Gasteiger partial charge in [0, 0.05) is 23.0 Å². The van der Waals surface area contributed by atoms with Crippen molar-refractivity contribution in [3.63, 3.8) is 0 Å². The number of fused-ring (bicyclic) bond motifs is 1. The van der Waals surface area contributed by atoms with Crippen LogP contribution in [0.5, 0.6) is 0 Å². The summed E-state index contributed by atoms with van der Waals surface area (Å²) in [6, 6.07) is 7.15. The topological polar surface area (TPSA) is 53.1 Å². The molecule has 2 aromatic rings. The fraction of sp³-hybridized carbons (Fsp3) is 0.308. The maximum absolute atomic E-state index is 13.6. The minimum absolute atomic E-state index is 0.483. The molecule has 0 unspecified atom stereocenters. The lowest BCUT2D eigenvalue weighted by Gasteiger charge is -2.14. The molecule has 0 saturated carbocycles. The van der Waals surface area contributed by atoms with Gasteiger partial charge in [0.25, 0.3) is 5.92 Å². The van der Waals surface area contributed by atoms with Crippen LogP contribution in [-0.4, -0.2) is 22.0 Å². The molecule has 0 aliphatic carbocycles. The Balaban J connectivity index is 2.37. The molecule has 1 aromatic heterocycles. The molecule has 1 aromatic carbocycles. The van der Waals surface area contributed by atoms with Gasteiger partial charge < -0.3 is 10.1 Å². The number of carboxylic acid groups (broad SMARTS) is 1. The molecule has 0 saturated heterocycles. The van der Waals surface area contributed by atoms with Crippen molar-refractivity contribution in [1.29, 1.82) is 0 Å². The minimum atomic E-state index is -3.23. The molecule has 1 heterocycles. The minimum Gasteiger partial charge on any atom is -0.481 e. The van der Waals surface area contributed by atoms with Crippen molar-refractivity contribution in [3.8, 4) is 0 Å². The number of benzene rings is 1. The summed E-state index contributed by atoms with van der Waals surface area (Å²) in [5, 5.41) is 9.19. The molecular formula is C13H13F2NO2. The molecule has 18 heavy (non-hydrogen) atoms. The van der Waals surface area contributed by atoms with Crippen LogP contribution < -0.4 is 0 Å². The Morgan fingerprint density at radius 3 is 2.72 bits per heavy atom. The molecule has 0 radical (unpaired) electrons. The lowest BCUT2D eigenvalue weighted by atomic mass is 10.0. The molecule has 0 atom stereocenters. The monoisotopic (exact) mass is 253 g/mol. The van der Waals surface area contributed by atoms with Gasteiger partial charge in [0.05, 0.1) is 0 Å². The number of aliphatic carboxylic acids is 1. The van der Waals surface area contributed by atoms with Crippen molar-refractivity contribution in [2.75, 3.05) is 0 Å². The first-order chi connectivity index (χ1) is 8.39. The molecule has 2 N–H and O–H groups in total. The summed E-state index contributed by atoms with van der Waals surface area (Å²) in [4.78, 5) is 13.4. The van der Waals surface area contributed by atoms with E-state index in [0.29, 0.717) is 11.3 Å². The van der Waals surface area contributed by atoms with Crippen LogP contribution in [0.1, 0.15) is 17.7 Å². The third-order valence-electron chi connectivity index (χ3n) is 2.87. The maximum Gasteiger partial charge on any atom is 0.309 e. The number of alkyl halides is 2. The number of aromatic nitrogens is 1. The summed E-state index contributed by atoms with van der Waals surface area (Å²) in [7, 11) is 0. The Morgan fingerprint density at radius 2 is 2.06 bits per heavy atom. The van der Waals surface area contributed by atoms with Crippen LogP contribution in [0, 0.1) is 6.92 Å². The number of aromatic amines is 1. The molecule has 5 heteroatoms. The summed E-state index contributed by atoms with van der Waals surface area (Å²) < 4.78 is 27.1. The van der Waals surface area contributed by atoms with Crippen LogP contribution in [0.3, 0.4) is 0 Å². The molecule has 0 aliphatic heterocycles. The second-order valence-corrected chi connectivity index (χ2v) is 4.38. The van der Waals surface area contributed by atoms with Gasteiger partial charge in [-0.25, -0.2) is 8.78 Å². The summed E-state index contributed by atoms with van der Waals surface area (Å²) in [5.74, 6) is -4.72. The van der Waals surface area contributed by atoms with E-state index in [-0.39, 0.29) is 0 Å². The Bertz CT molecular complexity index is 590. The molecule has 96 valence electrons. The van der Waals surface area contributed by atoms with Crippen LogP contribution in [0.2, 0.25) is 0 Å². The fourth-order valence-corrected chi connectivity index (χ4v) is 2.10. The number of hydrogen-bond acceptors (Lipinski definition) is 1. The van der Waals surface area contributed by atoms with Crippen molar-refractivity contribution >= 4 is 16.9 Å². The number of halogens is 2. The van der Waals surface area contributed by atoms with Crippen LogP contribution >= 0.6 is 0 Å². The van der Waals surface area contributed by atoms with Gasteiger partial charge in [0.1, 0.15) is 6.42 Å². The second-order valence-electron chi connectivity index (χ2n) is 4.38. The van der Waals surface area contributed by atoms with E-state index in [1.807, 2.05) is 6.07 Å². The number of nitrogens with one attached hydrogen (secondary N) is 1. The number of H-pyrrole nitrogens is 1. The largest absolute Gasteiger partial charge is 0.481 e. The highest BCUT2D eigenvalue weighted by atomic mass is 19.3. The Hall–Kier alpha value is -1.91. The Morgan fingerprint density at radius 1 is 1.39 bits per heavy atom. The van der Waals surface area contributed by atoms with E-state index >= 15 is 0 Å². The van der Waals surface area contributed by atoms with Crippen molar-refractivity contribution in [2.45, 2.75) is 25.7 Å². The zero-order chi connectivity index (χ0) is 13.3. The third kappa shape index (κ3) is 2.50. The smallest absolute Gasteiger partial charge is 0.309 e. The molecule has 0 amide bonds. The number of aryl methyl sites for hydroxylation is 1. The lowest BCUT2D eigenvalue weighted by molar-refractivity contribution is -0.144. The van der Waals surface area contributed by atoms with E-state index in [2.05, 4.69) is 4.98 Å². The first-order valence-electron chi connectivity index (χ1n) is 5.55. The third-order valence-corrected chi connectivity index (χ3v) is 2.87. The zero-order valence-corrected chi connectivity index (χ0v) is 9.84. The molecule has 0 bridgehead atoms. The van der Waals surface area contributed by atoms with Crippen LogP contribution in [0.15, 0.2) is 24.3 Å². The van der Waals surface area contributed by atoms with Crippen LogP contribution in [0.4, 0.5) is 8.78 Å². The average molecular weight is 253 g/mol. The quantitative estimate of drug-likeness (QED) is 0.879. The molecule has 3 nitrogen and oxygen atoms in total. The Labute approximate surface area is 102 Å². The lowest BCUT2D eigenvalue weighted by Crippen LogP contribution is -2.24. The standard InChI is InChI=1S/C13H13F2NO2/c1-8-10(6-13(14,15)7-12(17)18)9-4-2-3-5-11(9)16-8/h2-5,16H,6-7H2,1H3,(H,17,18). The average Bonchev–Trinajstić information content (AvgIpc) is 2.53. The number of carbonyl (C=O) groups is 1. The van der Waals surface area contributed by atoms with Gasteiger partial charge in [-0.1, -0.05) is 18.2 Å². The predicted octanol–water partition coefficient (Wildman–Crippen LogP) is 3.13. The van der Waals surface area contributed by atoms with Crippen molar-refractivity contribution in [2.24, 2.45) is 0 Å². The van der Waals surface area contributed by atoms with Gasteiger partial charge in [-0.15, -0.1) is 0 Å². The summed E-state index contributed by atoms with van der Waals surface area (Å²) in [6.07, 6.45) is -1.71. The van der Waals surface area contributed by atoms with Crippen LogP contribution in [-0.2, 0) is 11.2 Å². The van der Waals surface area contributed by atoms with E-state index in [0.717, 1.165) is 10.9 Å². The summed E-state index contributed by atoms with van der Waals surface area (Å²) in [5.41, 5.74) is 1.93. The summed E-state index contributed by atoms with van der Waals surface area (Å²) >= 11 is 0. The van der Waals surface area contributed by atoms with Crippen molar-refractivity contribution < 1.29 is 18.7 Å². The normalized spacial score (nSPS) is 11.9. The molecular weight excluding hydrogens is 240 g/mol. The van der Waals surface area contributed by atoms with Gasteiger partial charge in [0.15, 0.2) is 0 Å². The molecule has 0 aliphatic rings. The van der Waals surface area contributed by atoms with Gasteiger partial charge in [-0.05, 0) is 18.6 Å². The highest BCUT2D eigenvalue weighted by Crippen LogP contribution is 2.30. The molecule has 2 rings (SSSR count).